The zero-order chi connectivity index (χ0) is 21.1. The molecule has 2 rings (SSSR count). The van der Waals surface area contributed by atoms with Crippen LogP contribution in [-0.4, -0.2) is 41.2 Å². The molecule has 1 amide bonds. The van der Waals surface area contributed by atoms with Crippen LogP contribution in [0, 0.1) is 0 Å². The monoisotopic (exact) mass is 415 g/mol. The van der Waals surface area contributed by atoms with Crippen molar-refractivity contribution >= 4 is 35.0 Å². The van der Waals surface area contributed by atoms with Gasteiger partial charge in [-0.05, 0) is 29.3 Å². The smallest absolute Gasteiger partial charge is 0.408 e. The van der Waals surface area contributed by atoms with Crippen molar-refractivity contribution in [3.63, 3.8) is 0 Å². The number of nitrogens with one attached hydrogen (secondary N) is 1. The lowest BCUT2D eigenvalue weighted by atomic mass is 10.2. The fourth-order valence-electron chi connectivity index (χ4n) is 2.18. The molecule has 0 saturated carbocycles. The molecule has 0 aromatic heterocycles. The Labute approximate surface area is 172 Å². The summed E-state index contributed by atoms with van der Waals surface area (Å²) in [7, 11) is 1.20. The van der Waals surface area contributed by atoms with Crippen molar-refractivity contribution in [2.75, 3.05) is 12.9 Å². The van der Waals surface area contributed by atoms with Crippen molar-refractivity contribution in [2.24, 2.45) is 0 Å². The highest BCUT2D eigenvalue weighted by Crippen LogP contribution is 2.13. The molecule has 0 fully saturated rings. The molecule has 0 aliphatic heterocycles. The van der Waals surface area contributed by atoms with E-state index >= 15 is 0 Å². The maximum Gasteiger partial charge on any atom is 0.408 e. The van der Waals surface area contributed by atoms with Gasteiger partial charge in [-0.15, -0.1) is 0 Å². The first-order valence-electron chi connectivity index (χ1n) is 8.67. The van der Waals surface area contributed by atoms with Crippen LogP contribution in [0.25, 0.3) is 6.08 Å². The Kier molecular flexibility index (Phi) is 8.78. The normalized spacial score (nSPS) is 11.6. The van der Waals surface area contributed by atoms with E-state index in [1.54, 1.807) is 30.3 Å². The number of ether oxygens (including phenoxy) is 2. The Bertz CT molecular complexity index is 851. The fraction of sp³-hybridized carbons (Fsp3) is 0.190. The molecule has 7 nitrogen and oxygen atoms in total. The van der Waals surface area contributed by atoms with Gasteiger partial charge in [0.25, 0.3) is 0 Å². The van der Waals surface area contributed by atoms with Crippen LogP contribution in [0.4, 0.5) is 4.79 Å². The molecule has 0 saturated heterocycles. The molecule has 2 aromatic rings. The van der Waals surface area contributed by atoms with E-state index in [1.807, 2.05) is 18.2 Å². The highest BCUT2D eigenvalue weighted by Gasteiger charge is 2.23. The molecule has 0 aliphatic carbocycles. The summed E-state index contributed by atoms with van der Waals surface area (Å²) in [5, 5.41) is 11.4. The van der Waals surface area contributed by atoms with Gasteiger partial charge in [-0.25, -0.2) is 9.59 Å². The highest BCUT2D eigenvalue weighted by atomic mass is 32.2. The van der Waals surface area contributed by atoms with Gasteiger partial charge in [0.1, 0.15) is 18.4 Å². The second-order valence-corrected chi connectivity index (χ2v) is 6.86. The minimum Gasteiger partial charge on any atom is -0.508 e. The number of phenolic OH excluding ortho intramolecular Hbond substituents is 1. The molecule has 0 bridgehead atoms. The summed E-state index contributed by atoms with van der Waals surface area (Å²) in [4.78, 5) is 35.9. The van der Waals surface area contributed by atoms with Crippen LogP contribution in [0.1, 0.15) is 11.1 Å². The SMILES string of the molecule is COC(=O)C(CSC(=O)/C=C/c1ccc(O)cc1)NC(=O)OCc1ccccc1. The highest BCUT2D eigenvalue weighted by molar-refractivity contribution is 8.14. The molecule has 1 atom stereocenters. The van der Waals surface area contributed by atoms with Crippen LogP contribution >= 0.6 is 11.8 Å². The Morgan fingerprint density at radius 1 is 1.10 bits per heavy atom. The number of amides is 1. The summed E-state index contributed by atoms with van der Waals surface area (Å²) < 4.78 is 9.76. The number of hydrogen-bond acceptors (Lipinski definition) is 7. The molecular formula is C21H21NO6S. The van der Waals surface area contributed by atoms with Crippen molar-refractivity contribution in [2.45, 2.75) is 12.6 Å². The fourth-order valence-corrected chi connectivity index (χ4v) is 2.90. The summed E-state index contributed by atoms with van der Waals surface area (Å²) in [6.07, 6.45) is 2.15. The quantitative estimate of drug-likeness (QED) is 0.504. The van der Waals surface area contributed by atoms with E-state index in [9.17, 15) is 19.5 Å². The molecule has 0 heterocycles. The third-order valence-electron chi connectivity index (χ3n) is 3.69. The predicted octanol–water partition coefficient (Wildman–Crippen LogP) is 3.13. The van der Waals surface area contributed by atoms with E-state index in [0.717, 1.165) is 22.9 Å². The topological polar surface area (TPSA) is 102 Å². The molecule has 0 aliphatic rings. The Morgan fingerprint density at radius 2 is 1.79 bits per heavy atom. The number of carbonyl (C=O) groups excluding carboxylic acids is 3. The number of phenols is 1. The lowest BCUT2D eigenvalue weighted by Crippen LogP contribution is -2.43. The number of alkyl carbamates (subject to hydrolysis) is 1. The largest absolute Gasteiger partial charge is 0.508 e. The number of aromatic hydroxyl groups is 1. The molecule has 1 unspecified atom stereocenters. The van der Waals surface area contributed by atoms with Crippen LogP contribution in [0.3, 0.4) is 0 Å². The first kappa shape index (κ1) is 22.0. The minimum atomic E-state index is -1.03. The second-order valence-electron chi connectivity index (χ2n) is 5.84. The van der Waals surface area contributed by atoms with Gasteiger partial charge < -0.3 is 19.9 Å². The number of thioether (sulfide) groups is 1. The molecule has 29 heavy (non-hydrogen) atoms. The molecule has 2 aromatic carbocycles. The summed E-state index contributed by atoms with van der Waals surface area (Å²) in [6, 6.07) is 14.4. The predicted molar refractivity (Wildman–Crippen MR) is 110 cm³/mol. The van der Waals surface area contributed by atoms with Gasteiger partial charge in [0, 0.05) is 5.75 Å². The number of benzene rings is 2. The average molecular weight is 415 g/mol. The number of methoxy groups -OCH3 is 1. The zero-order valence-corrected chi connectivity index (χ0v) is 16.6. The molecule has 0 spiro atoms. The maximum absolute atomic E-state index is 12.0. The molecule has 8 heteroatoms. The lowest BCUT2D eigenvalue weighted by Gasteiger charge is -2.15. The first-order valence-corrected chi connectivity index (χ1v) is 9.65. The maximum atomic E-state index is 12.0. The van der Waals surface area contributed by atoms with Crippen LogP contribution < -0.4 is 5.32 Å². The number of hydrogen-bond donors (Lipinski definition) is 2. The number of rotatable bonds is 8. The van der Waals surface area contributed by atoms with E-state index in [1.165, 1.54) is 25.3 Å². The third kappa shape index (κ3) is 8.10. The van der Waals surface area contributed by atoms with Gasteiger partial charge in [-0.1, -0.05) is 60.3 Å². The van der Waals surface area contributed by atoms with Gasteiger partial charge in [0.2, 0.25) is 5.12 Å². The van der Waals surface area contributed by atoms with Crippen LogP contribution in [-0.2, 0) is 25.7 Å². The van der Waals surface area contributed by atoms with Crippen molar-refractivity contribution < 1.29 is 29.0 Å². The van der Waals surface area contributed by atoms with Crippen molar-refractivity contribution in [3.8, 4) is 5.75 Å². The second kappa shape index (κ2) is 11.6. The van der Waals surface area contributed by atoms with Gasteiger partial charge in [-0.2, -0.15) is 0 Å². The van der Waals surface area contributed by atoms with Gasteiger partial charge in [-0.3, -0.25) is 4.79 Å². The van der Waals surface area contributed by atoms with Gasteiger partial charge in [0.05, 0.1) is 7.11 Å². The van der Waals surface area contributed by atoms with Gasteiger partial charge >= 0.3 is 12.1 Å². The summed E-state index contributed by atoms with van der Waals surface area (Å²) in [6.45, 7) is 0.0575. The van der Waals surface area contributed by atoms with Gasteiger partial charge in [0.15, 0.2) is 0 Å². The molecular weight excluding hydrogens is 394 g/mol. The number of carbonyl (C=O) groups is 3. The van der Waals surface area contributed by atoms with Crippen molar-refractivity contribution in [1.29, 1.82) is 0 Å². The molecule has 0 radical (unpaired) electrons. The minimum absolute atomic E-state index is 0.00807. The first-order chi connectivity index (χ1) is 14.0. The van der Waals surface area contributed by atoms with E-state index in [0.29, 0.717) is 0 Å². The summed E-state index contributed by atoms with van der Waals surface area (Å²) >= 11 is 0.861. The third-order valence-corrected chi connectivity index (χ3v) is 4.61. The Balaban J connectivity index is 1.84. The summed E-state index contributed by atoms with van der Waals surface area (Å²) in [5.74, 6) is -0.551. The lowest BCUT2D eigenvalue weighted by molar-refractivity contribution is -0.142. The summed E-state index contributed by atoms with van der Waals surface area (Å²) in [5.41, 5.74) is 1.55. The van der Waals surface area contributed by atoms with E-state index in [2.05, 4.69) is 10.1 Å². The van der Waals surface area contributed by atoms with Crippen LogP contribution in [0.5, 0.6) is 5.75 Å². The zero-order valence-electron chi connectivity index (χ0n) is 15.7. The molecule has 152 valence electrons. The Morgan fingerprint density at radius 3 is 2.45 bits per heavy atom. The van der Waals surface area contributed by atoms with Crippen LogP contribution in [0.15, 0.2) is 60.7 Å². The van der Waals surface area contributed by atoms with E-state index < -0.39 is 18.1 Å². The molecule has 2 N–H and O–H groups in total. The Hall–Kier alpha value is -3.26. The van der Waals surface area contributed by atoms with E-state index in [4.69, 9.17) is 4.74 Å². The average Bonchev–Trinajstić information content (AvgIpc) is 2.75. The standard InChI is InChI=1S/C21H21NO6S/c1-27-20(25)18(22-21(26)28-13-16-5-3-2-4-6-16)14-29-19(24)12-9-15-7-10-17(23)11-8-15/h2-12,18,23H,13-14H2,1H3,(H,22,26)/b12-9+. The van der Waals surface area contributed by atoms with E-state index in [-0.39, 0.29) is 23.2 Å². The van der Waals surface area contributed by atoms with Crippen LogP contribution in [0.2, 0.25) is 0 Å². The van der Waals surface area contributed by atoms with Crippen molar-refractivity contribution in [1.82, 2.24) is 5.32 Å². The number of esters is 1. The van der Waals surface area contributed by atoms with Crippen molar-refractivity contribution in [3.05, 3.63) is 71.8 Å².